The van der Waals surface area contributed by atoms with Crippen LogP contribution in [0.2, 0.25) is 0 Å². The van der Waals surface area contributed by atoms with E-state index in [0.717, 1.165) is 31.8 Å². The van der Waals surface area contributed by atoms with Gasteiger partial charge in [-0.05, 0) is 12.3 Å². The molecule has 3 heteroatoms. The van der Waals surface area contributed by atoms with Crippen LogP contribution in [0.4, 0.5) is 0 Å². The zero-order chi connectivity index (χ0) is 9.10. The Kier molecular flexibility index (Phi) is 2.83. The largest absolute Gasteiger partial charge is 0.346 e. The molecule has 2 fully saturated rings. The summed E-state index contributed by atoms with van der Waals surface area (Å²) in [5.41, 5.74) is 0. The van der Waals surface area contributed by atoms with E-state index < -0.39 is 0 Å². The van der Waals surface area contributed by atoms with Crippen LogP contribution in [-0.4, -0.2) is 37.0 Å². The highest BCUT2D eigenvalue weighted by molar-refractivity contribution is 5.78. The molecule has 0 atom stereocenters. The molecule has 0 aliphatic carbocycles. The number of quaternary nitrogens is 1. The van der Waals surface area contributed by atoms with Gasteiger partial charge in [-0.1, -0.05) is 0 Å². The lowest BCUT2D eigenvalue weighted by atomic mass is 9.98. The summed E-state index contributed by atoms with van der Waals surface area (Å²) >= 11 is 0. The maximum Gasteiger partial charge on any atom is 0.222 e. The molecule has 2 saturated heterocycles. The summed E-state index contributed by atoms with van der Waals surface area (Å²) in [4.78, 5) is 13.4. The molecule has 13 heavy (non-hydrogen) atoms. The maximum atomic E-state index is 11.4. The summed E-state index contributed by atoms with van der Waals surface area (Å²) in [6.07, 6.45) is 4.46. The fourth-order valence-corrected chi connectivity index (χ4v) is 2.39. The highest BCUT2D eigenvalue weighted by Crippen LogP contribution is 2.16. The molecule has 0 unspecified atom stereocenters. The minimum atomic E-state index is 0.384. The van der Waals surface area contributed by atoms with Crippen molar-refractivity contribution in [1.29, 1.82) is 0 Å². The van der Waals surface area contributed by atoms with Crippen LogP contribution in [0.25, 0.3) is 0 Å². The Labute approximate surface area is 79.5 Å². The average molecular weight is 183 g/mol. The molecule has 0 aromatic heterocycles. The molecule has 0 radical (unpaired) electrons. The van der Waals surface area contributed by atoms with Crippen LogP contribution in [-0.2, 0) is 4.79 Å². The third-order valence-corrected chi connectivity index (χ3v) is 3.21. The summed E-state index contributed by atoms with van der Waals surface area (Å²) in [5.74, 6) is 1.17. The molecule has 2 rings (SSSR count). The number of nitrogens with zero attached hydrogens (tertiary/aromatic N) is 1. The lowest BCUT2D eigenvalue weighted by Crippen LogP contribution is -2.86. The Hall–Kier alpha value is -0.570. The Bertz CT molecular complexity index is 187. The number of likely N-dealkylation sites (tertiary alicyclic amines) is 1. The molecule has 2 heterocycles. The SMILES string of the molecule is O=C1CCCN1CC1CC[NH2+]CC1. The van der Waals surface area contributed by atoms with Crippen LogP contribution in [0.1, 0.15) is 25.7 Å². The van der Waals surface area contributed by atoms with E-state index >= 15 is 0 Å². The first-order chi connectivity index (χ1) is 6.36. The number of carbonyl (C=O) groups excluding carboxylic acids is 1. The van der Waals surface area contributed by atoms with Gasteiger partial charge in [-0.15, -0.1) is 0 Å². The van der Waals surface area contributed by atoms with Gasteiger partial charge < -0.3 is 10.2 Å². The molecule has 0 saturated carbocycles. The smallest absolute Gasteiger partial charge is 0.222 e. The number of nitrogens with two attached hydrogens (primary N) is 1. The van der Waals surface area contributed by atoms with Gasteiger partial charge in [-0.2, -0.15) is 0 Å². The molecule has 2 N–H and O–H groups in total. The monoisotopic (exact) mass is 183 g/mol. The molecule has 1 amide bonds. The van der Waals surface area contributed by atoms with Crippen molar-refractivity contribution in [3.05, 3.63) is 0 Å². The van der Waals surface area contributed by atoms with Gasteiger partial charge in [0.2, 0.25) is 5.91 Å². The van der Waals surface area contributed by atoms with Gasteiger partial charge >= 0.3 is 0 Å². The van der Waals surface area contributed by atoms with E-state index in [1.807, 2.05) is 0 Å². The fourth-order valence-electron chi connectivity index (χ4n) is 2.39. The van der Waals surface area contributed by atoms with Gasteiger partial charge in [0.15, 0.2) is 0 Å². The first-order valence-corrected chi connectivity index (χ1v) is 5.45. The Morgan fingerprint density at radius 2 is 2.15 bits per heavy atom. The highest BCUT2D eigenvalue weighted by Gasteiger charge is 2.24. The van der Waals surface area contributed by atoms with E-state index in [-0.39, 0.29) is 0 Å². The lowest BCUT2D eigenvalue weighted by molar-refractivity contribution is -0.664. The first-order valence-electron chi connectivity index (χ1n) is 5.45. The quantitative estimate of drug-likeness (QED) is 0.620. The van der Waals surface area contributed by atoms with Crippen molar-refractivity contribution in [2.75, 3.05) is 26.2 Å². The second-order valence-electron chi connectivity index (χ2n) is 4.25. The second kappa shape index (κ2) is 4.09. The minimum absolute atomic E-state index is 0.384. The summed E-state index contributed by atoms with van der Waals surface area (Å²) in [6, 6.07) is 0. The van der Waals surface area contributed by atoms with Crippen LogP contribution >= 0.6 is 0 Å². The number of hydrogen-bond acceptors (Lipinski definition) is 1. The third kappa shape index (κ3) is 2.21. The van der Waals surface area contributed by atoms with Crippen LogP contribution in [0.15, 0.2) is 0 Å². The van der Waals surface area contributed by atoms with Crippen molar-refractivity contribution in [1.82, 2.24) is 4.90 Å². The molecule has 0 aromatic carbocycles. The summed E-state index contributed by atoms with van der Waals surface area (Å²) < 4.78 is 0. The minimum Gasteiger partial charge on any atom is -0.346 e. The number of piperidine rings is 1. The molecular formula is C10H19N2O+. The van der Waals surface area contributed by atoms with Crippen molar-refractivity contribution in [3.8, 4) is 0 Å². The summed E-state index contributed by atoms with van der Waals surface area (Å²) in [7, 11) is 0. The van der Waals surface area contributed by atoms with E-state index in [1.54, 1.807) is 0 Å². The molecule has 3 nitrogen and oxygen atoms in total. The van der Waals surface area contributed by atoms with E-state index in [9.17, 15) is 4.79 Å². The van der Waals surface area contributed by atoms with Crippen molar-refractivity contribution >= 4 is 5.91 Å². The third-order valence-electron chi connectivity index (χ3n) is 3.21. The van der Waals surface area contributed by atoms with E-state index in [0.29, 0.717) is 5.91 Å². The predicted molar refractivity (Wildman–Crippen MR) is 50.2 cm³/mol. The van der Waals surface area contributed by atoms with Gasteiger partial charge in [0, 0.05) is 32.4 Å². The van der Waals surface area contributed by atoms with Gasteiger partial charge in [0.25, 0.3) is 0 Å². The average Bonchev–Trinajstić information content (AvgIpc) is 2.54. The summed E-state index contributed by atoms with van der Waals surface area (Å²) in [6.45, 7) is 4.56. The number of amides is 1. The molecule has 2 aliphatic rings. The Morgan fingerprint density at radius 3 is 2.77 bits per heavy atom. The number of rotatable bonds is 2. The van der Waals surface area contributed by atoms with E-state index in [4.69, 9.17) is 0 Å². The second-order valence-corrected chi connectivity index (χ2v) is 4.25. The fraction of sp³-hybridized carbons (Fsp3) is 0.900. The standard InChI is InChI=1S/C10H18N2O/c13-10-2-1-7-12(10)8-9-3-5-11-6-4-9/h9,11H,1-8H2/p+1. The Morgan fingerprint density at radius 1 is 1.38 bits per heavy atom. The zero-order valence-corrected chi connectivity index (χ0v) is 8.17. The molecule has 0 bridgehead atoms. The van der Waals surface area contributed by atoms with Crippen LogP contribution in [0.5, 0.6) is 0 Å². The van der Waals surface area contributed by atoms with E-state index in [1.165, 1.54) is 25.9 Å². The van der Waals surface area contributed by atoms with Gasteiger partial charge in [-0.25, -0.2) is 0 Å². The normalized spacial score (nSPS) is 25.5. The van der Waals surface area contributed by atoms with Crippen LogP contribution < -0.4 is 5.32 Å². The number of hydrogen-bond donors (Lipinski definition) is 1. The first kappa shape index (κ1) is 9.00. The molecular weight excluding hydrogens is 164 g/mol. The van der Waals surface area contributed by atoms with Crippen molar-refractivity contribution in [2.45, 2.75) is 25.7 Å². The predicted octanol–water partition coefficient (Wildman–Crippen LogP) is -0.418. The Balaban J connectivity index is 1.79. The topological polar surface area (TPSA) is 36.9 Å². The lowest BCUT2D eigenvalue weighted by Gasteiger charge is -2.25. The van der Waals surface area contributed by atoms with Crippen molar-refractivity contribution in [3.63, 3.8) is 0 Å². The van der Waals surface area contributed by atoms with Gasteiger partial charge in [0.1, 0.15) is 0 Å². The molecule has 2 aliphatic heterocycles. The highest BCUT2D eigenvalue weighted by atomic mass is 16.2. The van der Waals surface area contributed by atoms with Crippen LogP contribution in [0.3, 0.4) is 0 Å². The maximum absolute atomic E-state index is 11.4. The molecule has 0 spiro atoms. The van der Waals surface area contributed by atoms with Crippen LogP contribution in [0, 0.1) is 5.92 Å². The molecule has 0 aromatic rings. The van der Waals surface area contributed by atoms with E-state index in [2.05, 4.69) is 10.2 Å². The van der Waals surface area contributed by atoms with Crippen molar-refractivity contribution < 1.29 is 10.1 Å². The van der Waals surface area contributed by atoms with Gasteiger partial charge in [-0.3, -0.25) is 4.79 Å². The van der Waals surface area contributed by atoms with Crippen molar-refractivity contribution in [2.24, 2.45) is 5.92 Å². The summed E-state index contributed by atoms with van der Waals surface area (Å²) in [5, 5.41) is 2.38. The van der Waals surface area contributed by atoms with Gasteiger partial charge in [0.05, 0.1) is 13.1 Å². The molecule has 74 valence electrons. The zero-order valence-electron chi connectivity index (χ0n) is 8.17. The number of carbonyl (C=O) groups is 1.